The summed E-state index contributed by atoms with van der Waals surface area (Å²) in [4.78, 5) is 15.3. The number of sulfonamides is 1. The Morgan fingerprint density at radius 1 is 1.03 bits per heavy atom. The van der Waals surface area contributed by atoms with Gasteiger partial charge in [0.25, 0.3) is 0 Å². The van der Waals surface area contributed by atoms with Crippen LogP contribution >= 0.6 is 11.6 Å². The molecule has 2 aromatic rings. The summed E-state index contributed by atoms with van der Waals surface area (Å²) >= 11 is 6.30. The zero-order chi connectivity index (χ0) is 23.1. The zero-order valence-corrected chi connectivity index (χ0v) is 20.3. The van der Waals surface area contributed by atoms with Gasteiger partial charge in [-0.15, -0.1) is 0 Å². The minimum absolute atomic E-state index is 0.00707. The summed E-state index contributed by atoms with van der Waals surface area (Å²) in [6.45, 7) is 5.15. The Balaban J connectivity index is 1.69. The van der Waals surface area contributed by atoms with E-state index in [4.69, 9.17) is 11.6 Å². The molecular formula is C25H29ClN2O3S. The number of para-hydroxylation sites is 1. The van der Waals surface area contributed by atoms with Crippen LogP contribution in [0.15, 0.2) is 59.1 Å². The molecule has 0 radical (unpaired) electrons. The van der Waals surface area contributed by atoms with Gasteiger partial charge in [0.2, 0.25) is 10.0 Å². The highest BCUT2D eigenvalue weighted by molar-refractivity contribution is 7.89. The molecule has 2 aromatic carbocycles. The van der Waals surface area contributed by atoms with E-state index in [2.05, 4.69) is 19.9 Å². The highest BCUT2D eigenvalue weighted by Gasteiger charge is 2.38. The number of likely N-dealkylation sites (N-methyl/N-ethyl adjacent to an activating group) is 1. The summed E-state index contributed by atoms with van der Waals surface area (Å²) in [6.07, 6.45) is 5.34. The van der Waals surface area contributed by atoms with Crippen molar-refractivity contribution < 1.29 is 13.2 Å². The standard InChI is InChI=1S/C25H29ClN2O3S/c1-25(2)19-10-6-7-11-21(19)27(3)24(25)17-22(29)18-12-13-20(26)23(16-18)32(30,31)28-14-8-4-5-9-15-28/h6-7,10-13,16-17H,4-5,8-9,14-15H2,1-3H3/b24-17+. The van der Waals surface area contributed by atoms with Gasteiger partial charge in [-0.3, -0.25) is 4.79 Å². The van der Waals surface area contributed by atoms with E-state index < -0.39 is 10.0 Å². The van der Waals surface area contributed by atoms with Crippen LogP contribution in [0.25, 0.3) is 0 Å². The van der Waals surface area contributed by atoms with Gasteiger partial charge in [0, 0.05) is 48.6 Å². The van der Waals surface area contributed by atoms with Crippen molar-refractivity contribution in [3.05, 3.63) is 70.4 Å². The molecule has 170 valence electrons. The van der Waals surface area contributed by atoms with Gasteiger partial charge in [-0.05, 0) is 42.7 Å². The molecule has 0 aromatic heterocycles. The molecule has 2 aliphatic rings. The van der Waals surface area contributed by atoms with Crippen molar-refractivity contribution in [2.45, 2.75) is 49.8 Å². The van der Waals surface area contributed by atoms with E-state index in [0.29, 0.717) is 18.7 Å². The molecule has 0 atom stereocenters. The number of allylic oxidation sites excluding steroid dienone is 2. The number of carbonyl (C=O) groups excluding carboxylic acids is 1. The number of nitrogens with zero attached hydrogens (tertiary/aromatic N) is 2. The fourth-order valence-electron chi connectivity index (χ4n) is 4.74. The van der Waals surface area contributed by atoms with E-state index in [1.54, 1.807) is 12.1 Å². The van der Waals surface area contributed by atoms with Crippen molar-refractivity contribution in [2.75, 3.05) is 25.0 Å². The number of benzene rings is 2. The van der Waals surface area contributed by atoms with E-state index >= 15 is 0 Å². The van der Waals surface area contributed by atoms with Crippen molar-refractivity contribution >= 4 is 33.1 Å². The van der Waals surface area contributed by atoms with Gasteiger partial charge in [-0.25, -0.2) is 8.42 Å². The maximum absolute atomic E-state index is 13.3. The molecule has 2 heterocycles. The molecule has 32 heavy (non-hydrogen) atoms. The van der Waals surface area contributed by atoms with Crippen LogP contribution in [-0.4, -0.2) is 38.6 Å². The third-order valence-corrected chi connectivity index (χ3v) is 8.99. The summed E-state index contributed by atoms with van der Waals surface area (Å²) in [5.41, 5.74) is 3.07. The first-order chi connectivity index (χ1) is 15.1. The van der Waals surface area contributed by atoms with Gasteiger partial charge >= 0.3 is 0 Å². The number of ketones is 1. The Kier molecular flexibility index (Phi) is 6.23. The first-order valence-corrected chi connectivity index (χ1v) is 12.9. The Morgan fingerprint density at radius 3 is 2.34 bits per heavy atom. The predicted octanol–water partition coefficient (Wildman–Crippen LogP) is 5.40. The molecule has 7 heteroatoms. The summed E-state index contributed by atoms with van der Waals surface area (Å²) < 4.78 is 28.1. The average molecular weight is 473 g/mol. The first kappa shape index (κ1) is 23.0. The lowest BCUT2D eigenvalue weighted by Gasteiger charge is -2.24. The highest BCUT2D eigenvalue weighted by atomic mass is 35.5. The van der Waals surface area contributed by atoms with E-state index in [0.717, 1.165) is 42.6 Å². The summed E-state index contributed by atoms with van der Waals surface area (Å²) in [5.74, 6) is -0.239. The monoisotopic (exact) mass is 472 g/mol. The van der Waals surface area contributed by atoms with Crippen molar-refractivity contribution in [1.82, 2.24) is 4.31 Å². The largest absolute Gasteiger partial charge is 0.347 e. The summed E-state index contributed by atoms with van der Waals surface area (Å²) in [5, 5.41) is 0.143. The Hall–Kier alpha value is -2.15. The topological polar surface area (TPSA) is 57.7 Å². The van der Waals surface area contributed by atoms with Crippen LogP contribution in [-0.2, 0) is 15.4 Å². The normalized spacial score (nSPS) is 20.2. The smallest absolute Gasteiger partial charge is 0.244 e. The second-order valence-electron chi connectivity index (χ2n) is 9.06. The molecule has 1 saturated heterocycles. The van der Waals surface area contributed by atoms with Gasteiger partial charge < -0.3 is 4.90 Å². The molecule has 0 amide bonds. The van der Waals surface area contributed by atoms with Crippen LogP contribution in [0.4, 0.5) is 5.69 Å². The predicted molar refractivity (Wildman–Crippen MR) is 129 cm³/mol. The molecule has 2 aliphatic heterocycles. The quantitative estimate of drug-likeness (QED) is 0.441. The second kappa shape index (κ2) is 8.65. The minimum Gasteiger partial charge on any atom is -0.347 e. The van der Waals surface area contributed by atoms with Gasteiger partial charge in [-0.1, -0.05) is 56.5 Å². The average Bonchev–Trinajstić information content (AvgIpc) is 2.98. The van der Waals surface area contributed by atoms with E-state index in [1.165, 1.54) is 16.4 Å². The number of fused-ring (bicyclic) bond motifs is 1. The molecule has 0 aliphatic carbocycles. The number of hydrogen-bond acceptors (Lipinski definition) is 4. The highest BCUT2D eigenvalue weighted by Crippen LogP contribution is 2.46. The number of halogens is 1. The Bertz CT molecular complexity index is 1180. The third kappa shape index (κ3) is 4.00. The molecule has 1 fully saturated rings. The number of carbonyl (C=O) groups is 1. The zero-order valence-electron chi connectivity index (χ0n) is 18.8. The van der Waals surface area contributed by atoms with Crippen LogP contribution in [0.2, 0.25) is 5.02 Å². The van der Waals surface area contributed by atoms with Crippen LogP contribution in [0, 0.1) is 0 Å². The number of rotatable bonds is 4. The van der Waals surface area contributed by atoms with Crippen molar-refractivity contribution in [1.29, 1.82) is 0 Å². The first-order valence-electron chi connectivity index (χ1n) is 11.0. The van der Waals surface area contributed by atoms with E-state index in [9.17, 15) is 13.2 Å². The van der Waals surface area contributed by atoms with Crippen molar-refractivity contribution in [3.8, 4) is 0 Å². The molecule has 0 spiro atoms. The summed E-state index contributed by atoms with van der Waals surface area (Å²) in [6, 6.07) is 12.6. The minimum atomic E-state index is -3.76. The Morgan fingerprint density at radius 2 is 1.69 bits per heavy atom. The van der Waals surface area contributed by atoms with E-state index in [-0.39, 0.29) is 21.1 Å². The fourth-order valence-corrected chi connectivity index (χ4v) is 6.76. The van der Waals surface area contributed by atoms with Gasteiger partial charge in [-0.2, -0.15) is 4.31 Å². The maximum Gasteiger partial charge on any atom is 0.244 e. The third-order valence-electron chi connectivity index (χ3n) is 6.61. The molecule has 5 nitrogen and oxygen atoms in total. The fraction of sp³-hybridized carbons (Fsp3) is 0.400. The van der Waals surface area contributed by atoms with Crippen molar-refractivity contribution in [3.63, 3.8) is 0 Å². The molecule has 0 bridgehead atoms. The van der Waals surface area contributed by atoms with Crippen LogP contribution in [0.1, 0.15) is 55.5 Å². The Labute approximate surface area is 195 Å². The lowest BCUT2D eigenvalue weighted by atomic mass is 9.83. The maximum atomic E-state index is 13.3. The van der Waals surface area contributed by atoms with Crippen molar-refractivity contribution in [2.24, 2.45) is 0 Å². The van der Waals surface area contributed by atoms with Crippen LogP contribution < -0.4 is 4.90 Å². The summed E-state index contributed by atoms with van der Waals surface area (Å²) in [7, 11) is -1.81. The molecule has 4 rings (SSSR count). The SMILES string of the molecule is CN1/C(=C/C(=O)c2ccc(Cl)c(S(=O)(=O)N3CCCCCC3)c2)C(C)(C)c2ccccc21. The van der Waals surface area contributed by atoms with Crippen LogP contribution in [0.3, 0.4) is 0 Å². The van der Waals surface area contributed by atoms with Gasteiger partial charge in [0.05, 0.1) is 5.02 Å². The number of anilines is 1. The van der Waals surface area contributed by atoms with Crippen LogP contribution in [0.5, 0.6) is 0 Å². The lowest BCUT2D eigenvalue weighted by molar-refractivity contribution is 0.104. The molecule has 0 unspecified atom stereocenters. The van der Waals surface area contributed by atoms with Gasteiger partial charge in [0.15, 0.2) is 5.78 Å². The molecule has 0 saturated carbocycles. The van der Waals surface area contributed by atoms with Gasteiger partial charge in [0.1, 0.15) is 4.90 Å². The molecular weight excluding hydrogens is 444 g/mol. The lowest BCUT2D eigenvalue weighted by Crippen LogP contribution is -2.32. The van der Waals surface area contributed by atoms with E-state index in [1.807, 2.05) is 30.1 Å². The second-order valence-corrected chi connectivity index (χ2v) is 11.4. The molecule has 0 N–H and O–H groups in total. The number of hydrogen-bond donors (Lipinski definition) is 0.